The number of carboxylic acids is 1. The molecule has 2 aromatic rings. The van der Waals surface area contributed by atoms with Crippen LogP contribution in [0.25, 0.3) is 11.2 Å². The van der Waals surface area contributed by atoms with Crippen LogP contribution in [0, 0.1) is 0 Å². The molecule has 0 aliphatic heterocycles. The van der Waals surface area contributed by atoms with Crippen LogP contribution in [0.4, 0.5) is 0 Å². The Bertz CT molecular complexity index is 692. The Morgan fingerprint density at radius 1 is 1.45 bits per heavy atom. The Balaban J connectivity index is 2.54. The molecule has 0 bridgehead atoms. The summed E-state index contributed by atoms with van der Waals surface area (Å²) in [5.74, 6) is -0.311. The molecule has 0 saturated heterocycles. The fourth-order valence-electron chi connectivity index (χ4n) is 1.97. The molecule has 0 saturated carbocycles. The maximum Gasteiger partial charge on any atom is 0.350 e. The fourth-order valence-corrected chi connectivity index (χ4v) is 2.48. The number of imidazole rings is 1. The molecule has 7 nitrogen and oxygen atoms in total. The lowest BCUT2D eigenvalue weighted by Crippen LogP contribution is -2.24. The number of carboxylic acid groups (broad SMARTS) is 1. The van der Waals surface area contributed by atoms with Crippen LogP contribution < -0.4 is 5.69 Å². The number of aromatic nitrogens is 4. The molecular weight excluding hydrogens is 280 g/mol. The van der Waals surface area contributed by atoms with E-state index in [1.54, 1.807) is 0 Å². The zero-order valence-corrected chi connectivity index (χ0v) is 12.2. The number of hydrogen-bond acceptors (Lipinski definition) is 5. The summed E-state index contributed by atoms with van der Waals surface area (Å²) in [5, 5.41) is 9.31. The van der Waals surface area contributed by atoms with Crippen LogP contribution >= 0.6 is 11.8 Å². The van der Waals surface area contributed by atoms with Gasteiger partial charge in [0.1, 0.15) is 16.4 Å². The minimum atomic E-state index is -0.875. The highest BCUT2D eigenvalue weighted by Crippen LogP contribution is 2.21. The molecule has 0 aliphatic carbocycles. The van der Waals surface area contributed by atoms with Crippen molar-refractivity contribution in [2.24, 2.45) is 0 Å². The summed E-state index contributed by atoms with van der Waals surface area (Å²) in [6.45, 7) is 2.51. The summed E-state index contributed by atoms with van der Waals surface area (Å²) in [4.78, 5) is 34.1. The maximum absolute atomic E-state index is 12.0. The molecule has 0 aromatic carbocycles. The number of thioether (sulfide) groups is 1. The van der Waals surface area contributed by atoms with Gasteiger partial charge in [0.25, 0.3) is 0 Å². The van der Waals surface area contributed by atoms with E-state index in [9.17, 15) is 9.59 Å². The molecule has 2 heterocycles. The van der Waals surface area contributed by atoms with Gasteiger partial charge in [-0.05, 0) is 12.7 Å². The van der Waals surface area contributed by atoms with Crippen molar-refractivity contribution in [3.05, 3.63) is 16.3 Å². The zero-order valence-electron chi connectivity index (χ0n) is 11.3. The van der Waals surface area contributed by atoms with E-state index in [-0.39, 0.29) is 12.1 Å². The average Bonchev–Trinajstić information content (AvgIpc) is 2.83. The Hall–Kier alpha value is -1.83. The third-order valence-corrected chi connectivity index (χ3v) is 3.53. The molecule has 2 rings (SSSR count). The van der Waals surface area contributed by atoms with Gasteiger partial charge in [0, 0.05) is 13.0 Å². The predicted molar refractivity (Wildman–Crippen MR) is 76.2 cm³/mol. The van der Waals surface area contributed by atoms with Crippen molar-refractivity contribution >= 4 is 28.9 Å². The standard InChI is InChI=1S/C12H16N4O3S/c1-3-6-16-10-9(11(20-2)15-12(16)19)13-7(14-10)4-5-8(17)18/h3-6H2,1-2H3,(H,13,14)(H,17,18). The summed E-state index contributed by atoms with van der Waals surface area (Å²) in [6, 6.07) is 0. The van der Waals surface area contributed by atoms with Gasteiger partial charge in [-0.15, -0.1) is 11.8 Å². The van der Waals surface area contributed by atoms with Gasteiger partial charge in [-0.3, -0.25) is 9.36 Å². The van der Waals surface area contributed by atoms with Crippen molar-refractivity contribution in [2.45, 2.75) is 37.8 Å². The fraction of sp³-hybridized carbons (Fsp3) is 0.500. The molecule has 0 aliphatic rings. The smallest absolute Gasteiger partial charge is 0.350 e. The third kappa shape index (κ3) is 2.84. The minimum absolute atomic E-state index is 0.000137. The second-order valence-electron chi connectivity index (χ2n) is 4.33. The van der Waals surface area contributed by atoms with Gasteiger partial charge in [-0.1, -0.05) is 6.92 Å². The summed E-state index contributed by atoms with van der Waals surface area (Å²) in [5.41, 5.74) is 0.933. The van der Waals surface area contributed by atoms with Crippen molar-refractivity contribution in [1.82, 2.24) is 19.5 Å². The first-order valence-corrected chi connectivity index (χ1v) is 7.54. The topological polar surface area (TPSA) is 101 Å². The highest BCUT2D eigenvalue weighted by Gasteiger charge is 2.15. The van der Waals surface area contributed by atoms with Gasteiger partial charge in [0.2, 0.25) is 0 Å². The van der Waals surface area contributed by atoms with Gasteiger partial charge in [0.15, 0.2) is 5.65 Å². The van der Waals surface area contributed by atoms with Gasteiger partial charge in [-0.25, -0.2) is 9.78 Å². The first-order valence-electron chi connectivity index (χ1n) is 6.32. The van der Waals surface area contributed by atoms with Crippen molar-refractivity contribution in [2.75, 3.05) is 6.26 Å². The highest BCUT2D eigenvalue weighted by molar-refractivity contribution is 7.98. The number of aromatic amines is 1. The number of hydrogen-bond donors (Lipinski definition) is 2. The van der Waals surface area contributed by atoms with E-state index >= 15 is 0 Å². The van der Waals surface area contributed by atoms with E-state index < -0.39 is 5.97 Å². The lowest BCUT2D eigenvalue weighted by Gasteiger charge is -2.05. The molecule has 0 radical (unpaired) electrons. The van der Waals surface area contributed by atoms with Crippen molar-refractivity contribution in [3.8, 4) is 0 Å². The van der Waals surface area contributed by atoms with Crippen LogP contribution in [-0.2, 0) is 17.8 Å². The predicted octanol–water partition coefficient (Wildman–Crippen LogP) is 1.27. The summed E-state index contributed by atoms with van der Waals surface area (Å²) in [7, 11) is 0. The molecule has 2 aromatic heterocycles. The summed E-state index contributed by atoms with van der Waals surface area (Å²) < 4.78 is 1.52. The lowest BCUT2D eigenvalue weighted by molar-refractivity contribution is -0.137. The summed E-state index contributed by atoms with van der Waals surface area (Å²) >= 11 is 1.36. The van der Waals surface area contributed by atoms with Gasteiger partial charge in [0.05, 0.1) is 6.42 Å². The largest absolute Gasteiger partial charge is 0.481 e. The van der Waals surface area contributed by atoms with E-state index in [1.807, 2.05) is 13.2 Å². The first kappa shape index (κ1) is 14.6. The highest BCUT2D eigenvalue weighted by atomic mass is 32.2. The monoisotopic (exact) mass is 296 g/mol. The molecule has 2 N–H and O–H groups in total. The second kappa shape index (κ2) is 6.08. The molecule has 8 heteroatoms. The van der Waals surface area contributed by atoms with Crippen LogP contribution in [0.15, 0.2) is 9.82 Å². The Morgan fingerprint density at radius 3 is 2.80 bits per heavy atom. The van der Waals surface area contributed by atoms with Crippen molar-refractivity contribution < 1.29 is 9.90 Å². The van der Waals surface area contributed by atoms with Gasteiger partial charge < -0.3 is 10.1 Å². The molecule has 0 spiro atoms. The minimum Gasteiger partial charge on any atom is -0.481 e. The van der Waals surface area contributed by atoms with E-state index in [0.717, 1.165) is 6.42 Å². The quantitative estimate of drug-likeness (QED) is 0.615. The number of aliphatic carboxylic acids is 1. The van der Waals surface area contributed by atoms with E-state index in [4.69, 9.17) is 5.11 Å². The van der Waals surface area contributed by atoms with E-state index in [0.29, 0.717) is 35.0 Å². The number of rotatable bonds is 6. The van der Waals surface area contributed by atoms with Crippen molar-refractivity contribution in [3.63, 3.8) is 0 Å². The lowest BCUT2D eigenvalue weighted by atomic mass is 10.3. The maximum atomic E-state index is 12.0. The zero-order chi connectivity index (χ0) is 14.7. The van der Waals surface area contributed by atoms with Crippen LogP contribution in [0.5, 0.6) is 0 Å². The van der Waals surface area contributed by atoms with Gasteiger partial charge in [-0.2, -0.15) is 4.98 Å². The van der Waals surface area contributed by atoms with Crippen LogP contribution in [0.1, 0.15) is 25.6 Å². The molecule has 0 unspecified atom stereocenters. The summed E-state index contributed by atoms with van der Waals surface area (Å²) in [6.07, 6.45) is 2.94. The number of nitrogens with one attached hydrogen (secondary N) is 1. The van der Waals surface area contributed by atoms with Crippen molar-refractivity contribution in [1.29, 1.82) is 0 Å². The third-order valence-electron chi connectivity index (χ3n) is 2.85. The molecule has 108 valence electrons. The van der Waals surface area contributed by atoms with Crippen LogP contribution in [0.3, 0.4) is 0 Å². The van der Waals surface area contributed by atoms with Crippen LogP contribution in [0.2, 0.25) is 0 Å². The number of H-pyrrole nitrogens is 1. The number of aryl methyl sites for hydroxylation is 2. The SMILES string of the molecule is CCCn1c(=O)nc(SC)c2[nH]c(CCC(=O)O)nc21. The molecule has 0 amide bonds. The number of fused-ring (bicyclic) bond motifs is 1. The van der Waals surface area contributed by atoms with E-state index in [2.05, 4.69) is 15.0 Å². The molecule has 0 fully saturated rings. The number of carbonyl (C=O) groups is 1. The Morgan fingerprint density at radius 2 is 2.20 bits per heavy atom. The first-order chi connectivity index (χ1) is 9.56. The number of nitrogens with zero attached hydrogens (tertiary/aromatic N) is 3. The van der Waals surface area contributed by atoms with Gasteiger partial charge >= 0.3 is 11.7 Å². The van der Waals surface area contributed by atoms with Crippen LogP contribution in [-0.4, -0.2) is 36.9 Å². The molecule has 0 atom stereocenters. The van der Waals surface area contributed by atoms with E-state index in [1.165, 1.54) is 16.3 Å². The average molecular weight is 296 g/mol. The Kier molecular flexibility index (Phi) is 4.43. The normalized spacial score (nSPS) is 11.1. The molecular formula is C12H16N4O3S. The molecule has 20 heavy (non-hydrogen) atoms. The second-order valence-corrected chi connectivity index (χ2v) is 5.13. The Labute approximate surface area is 119 Å².